The summed E-state index contributed by atoms with van der Waals surface area (Å²) in [6.07, 6.45) is 9.12. The average Bonchev–Trinajstić information content (AvgIpc) is 1.64. The molecule has 0 atom stereocenters. The standard InChI is InChI=1S/C19H18N2O4S.C18H15ClN2O2S.C17H14F3N3O2S.C17H21NO3S.C16H14N2O3S/c1-3-17(22)21-26(23,24)16-11-9-14(10-12-16)18-13(2)25-20-19(18)15-7-5-4-6-8-15;1-12-3-4-14(10-20-12)18-17(9-15(19)11-21-18)13-5-7-16(8-6-13)24(2,22)23;1-10-2-3-11(8-14(10)18)16-9-15(17(19)20)22-23(16)12-4-6-13(7-5-12)26(21,24)25;1-12-18-16(13-6-4-3-5-7-13)17(21-12)14-8-10-15(11-9-14)22(2,19)20;1-11-15(12-7-9-14(10-8-12)22(17,19)20)16(18-21-11)13-5-3-2-4-6-13/h4-12H,3H2,1-2H3,(H,21,22);3-11H,1-2H3;2-9,17H,1H3,(H2,21,24,25);8-11,13H,3-7H2,1-2H3;2-10H,1H3,(H2,17,19,20). The second-order valence-electron chi connectivity index (χ2n) is 27.9. The number of rotatable bonds is 18. The number of primary sulfonamides is 2. The number of alkyl halides is 2. The topological polar surface area (TPSA) is 374 Å². The highest BCUT2D eigenvalue weighted by molar-refractivity contribution is 7.91. The molecule has 14 aromatic rings. The van der Waals surface area contributed by atoms with Gasteiger partial charge in [0, 0.05) is 83.2 Å². The predicted molar refractivity (Wildman–Crippen MR) is 453 cm³/mol. The van der Waals surface area contributed by atoms with Gasteiger partial charge in [0.05, 0.1) is 63.4 Å². The van der Waals surface area contributed by atoms with E-state index >= 15 is 0 Å². The van der Waals surface area contributed by atoms with E-state index in [1.54, 1.807) is 99.9 Å². The summed E-state index contributed by atoms with van der Waals surface area (Å²) in [5.74, 6) is 2.21. The number of nitrogens with zero attached hydrogens (tertiary/aromatic N) is 7. The summed E-state index contributed by atoms with van der Waals surface area (Å²) in [5.41, 5.74) is 13.5. The van der Waals surface area contributed by atoms with Gasteiger partial charge in [0.15, 0.2) is 31.3 Å². The first kappa shape index (κ1) is 88.9. The largest absolute Gasteiger partial charge is 0.441 e. The van der Waals surface area contributed by atoms with E-state index < -0.39 is 73.6 Å². The van der Waals surface area contributed by atoms with Gasteiger partial charge in [-0.3, -0.25) is 14.8 Å². The molecule has 0 radical (unpaired) electrons. The van der Waals surface area contributed by atoms with Crippen LogP contribution in [0, 0.1) is 40.4 Å². The predicted octanol–water partition coefficient (Wildman–Crippen LogP) is 18.3. The number of pyridine rings is 2. The number of sulfonamides is 3. The first-order valence-corrected chi connectivity index (χ1v) is 45.9. The number of hydrogen-bond acceptors (Lipinski definition) is 20. The van der Waals surface area contributed by atoms with Crippen molar-refractivity contribution in [3.63, 3.8) is 0 Å². The van der Waals surface area contributed by atoms with Gasteiger partial charge in [-0.2, -0.15) is 5.10 Å². The number of carbonyl (C=O) groups is 1. The smallest absolute Gasteiger partial charge is 0.282 e. The van der Waals surface area contributed by atoms with Gasteiger partial charge in [-0.25, -0.2) is 79.9 Å². The van der Waals surface area contributed by atoms with Crippen molar-refractivity contribution in [3.8, 4) is 95.4 Å². The maximum absolute atomic E-state index is 13.9. The summed E-state index contributed by atoms with van der Waals surface area (Å²) < 4.78 is 176. The molecule has 24 nitrogen and oxygen atoms in total. The van der Waals surface area contributed by atoms with Crippen LogP contribution in [0.15, 0.2) is 275 Å². The summed E-state index contributed by atoms with van der Waals surface area (Å²) in [5, 5.41) is 22.8. The number of hydrogen-bond donors (Lipinski definition) is 3. The SMILES string of the molecule is CCC(=O)NS(=O)(=O)c1ccc(-c2c(-c3ccccc3)noc2C)cc1.Cc1ccc(-c2cc(C(F)F)nn2-c2ccc(S(N)(=O)=O)cc2)cc1F.Cc1ccc(-c2ncc(Cl)cc2-c2ccc(S(C)(=O)=O)cc2)cn1.Cc1nc(C2CCCCC2)c(-c2ccc(S(C)(=O)=O)cc2)o1.Cc1onc(-c2ccccc2)c1-c1ccc(S(N)(=O)=O)cc1. The first-order chi connectivity index (χ1) is 56.8. The second kappa shape index (κ2) is 38.0. The van der Waals surface area contributed by atoms with Gasteiger partial charge in [0.1, 0.15) is 34.4 Å². The van der Waals surface area contributed by atoms with Crippen molar-refractivity contribution in [1.82, 2.24) is 39.8 Å². The van der Waals surface area contributed by atoms with Crippen molar-refractivity contribution in [2.75, 3.05) is 12.5 Å². The van der Waals surface area contributed by atoms with Gasteiger partial charge in [-0.1, -0.05) is 157 Å². The van der Waals surface area contributed by atoms with Gasteiger partial charge in [0.2, 0.25) is 26.0 Å². The molecule has 1 saturated carbocycles. The molecule has 0 aliphatic heterocycles. The van der Waals surface area contributed by atoms with Crippen LogP contribution >= 0.6 is 11.6 Å². The fourth-order valence-electron chi connectivity index (χ4n) is 12.9. The van der Waals surface area contributed by atoms with E-state index in [1.807, 2.05) is 116 Å². The molecule has 15 rings (SSSR count). The molecule has 6 aromatic heterocycles. The number of nitrogens with two attached hydrogens (primary N) is 2. The molecule has 0 saturated heterocycles. The van der Waals surface area contributed by atoms with E-state index in [4.69, 9.17) is 35.3 Å². The second-order valence-corrected chi connectivity index (χ2v) is 37.2. The zero-order chi connectivity index (χ0) is 86.6. The lowest BCUT2D eigenvalue weighted by Gasteiger charge is -2.20. The van der Waals surface area contributed by atoms with E-state index in [0.29, 0.717) is 55.8 Å². The number of benzene rings is 8. The molecule has 33 heteroatoms. The monoisotopic (exact) mass is 1740 g/mol. The molecule has 622 valence electrons. The Labute approximate surface area is 698 Å². The van der Waals surface area contributed by atoms with Crippen LogP contribution in [0.4, 0.5) is 13.2 Å². The third kappa shape index (κ3) is 22.3. The minimum absolute atomic E-state index is 0.0263. The van der Waals surface area contributed by atoms with Crippen LogP contribution in [0.1, 0.15) is 97.8 Å². The maximum atomic E-state index is 13.9. The summed E-state index contributed by atoms with van der Waals surface area (Å²) in [6, 6.07) is 61.9. The Morgan fingerprint density at radius 2 is 0.992 bits per heavy atom. The van der Waals surface area contributed by atoms with Crippen molar-refractivity contribution in [1.29, 1.82) is 0 Å². The van der Waals surface area contributed by atoms with E-state index in [1.165, 1.54) is 103 Å². The molecule has 1 fully saturated rings. The van der Waals surface area contributed by atoms with Crippen LogP contribution in [0.25, 0.3) is 95.4 Å². The highest BCUT2D eigenvalue weighted by Gasteiger charge is 2.27. The number of carbonyl (C=O) groups excluding carboxylic acids is 1. The van der Waals surface area contributed by atoms with Crippen LogP contribution in [0.3, 0.4) is 0 Å². The van der Waals surface area contributed by atoms with Crippen LogP contribution in [0.5, 0.6) is 0 Å². The molecule has 0 unspecified atom stereocenters. The van der Waals surface area contributed by atoms with E-state index in [9.17, 15) is 60.1 Å². The summed E-state index contributed by atoms with van der Waals surface area (Å²) in [4.78, 5) is 25.3. The van der Waals surface area contributed by atoms with E-state index in [0.717, 1.165) is 97.0 Å². The molecule has 1 aliphatic carbocycles. The molecule has 5 N–H and O–H groups in total. The van der Waals surface area contributed by atoms with Crippen molar-refractivity contribution >= 4 is 67.3 Å². The zero-order valence-corrected chi connectivity index (χ0v) is 70.8. The number of aryl methyl sites for hydroxylation is 5. The zero-order valence-electron chi connectivity index (χ0n) is 66.0. The molecule has 8 aromatic carbocycles. The van der Waals surface area contributed by atoms with E-state index in [-0.39, 0.29) is 31.7 Å². The quantitative estimate of drug-likeness (QED) is 0.0718. The normalized spacial score (nSPS) is 12.5. The third-order valence-corrected chi connectivity index (χ3v) is 24.8. The van der Waals surface area contributed by atoms with Gasteiger partial charge in [-0.15, -0.1) is 0 Å². The molecular formula is C87H82ClF3N10O14S5. The van der Waals surface area contributed by atoms with Crippen molar-refractivity contribution in [3.05, 3.63) is 288 Å². The van der Waals surface area contributed by atoms with Crippen molar-refractivity contribution in [2.45, 2.75) is 117 Å². The number of amides is 1. The highest BCUT2D eigenvalue weighted by atomic mass is 35.5. The lowest BCUT2D eigenvalue weighted by atomic mass is 9.85. The molecule has 0 spiro atoms. The van der Waals surface area contributed by atoms with Crippen molar-refractivity contribution in [2.24, 2.45) is 10.3 Å². The Bertz CT molecular complexity index is 6580. The number of sulfone groups is 2. The minimum Gasteiger partial charge on any atom is -0.441 e. The van der Waals surface area contributed by atoms with E-state index in [2.05, 4.69) is 30.4 Å². The van der Waals surface area contributed by atoms with Crippen LogP contribution < -0.4 is 15.0 Å². The Hall–Kier alpha value is -11.9. The Morgan fingerprint density at radius 3 is 1.46 bits per heavy atom. The Morgan fingerprint density at radius 1 is 0.525 bits per heavy atom. The Balaban J connectivity index is 0.000000147. The number of aromatic nitrogens is 7. The molecule has 0 bridgehead atoms. The number of halogens is 4. The fourth-order valence-corrected chi connectivity index (χ4v) is 16.4. The highest BCUT2D eigenvalue weighted by Crippen LogP contribution is 2.41. The first-order valence-electron chi connectivity index (χ1n) is 37.1. The summed E-state index contributed by atoms with van der Waals surface area (Å²) >= 11 is 6.11. The molecule has 1 aliphatic rings. The summed E-state index contributed by atoms with van der Waals surface area (Å²) in [6.45, 7) is 10.6. The van der Waals surface area contributed by atoms with Gasteiger partial charge < -0.3 is 13.5 Å². The molecular weight excluding hydrogens is 1660 g/mol. The molecule has 1 amide bonds. The minimum atomic E-state index is -3.88. The van der Waals surface area contributed by atoms with Crippen LogP contribution in [-0.4, -0.2) is 95.6 Å². The summed E-state index contributed by atoms with van der Waals surface area (Å²) in [7, 11) is -17.9. The van der Waals surface area contributed by atoms with Gasteiger partial charge >= 0.3 is 0 Å². The maximum Gasteiger partial charge on any atom is 0.282 e. The van der Waals surface area contributed by atoms with Crippen LogP contribution in [0.2, 0.25) is 5.02 Å². The van der Waals surface area contributed by atoms with Crippen LogP contribution in [-0.2, 0) is 54.5 Å². The lowest BCUT2D eigenvalue weighted by Crippen LogP contribution is -2.29. The average molecular weight is 1740 g/mol. The van der Waals surface area contributed by atoms with Gasteiger partial charge in [-0.05, 0) is 178 Å². The fraction of sp³-hybridized carbons (Fsp3) is 0.184. The van der Waals surface area contributed by atoms with Gasteiger partial charge in [0.25, 0.3) is 16.4 Å². The number of oxazole rings is 1. The third-order valence-electron chi connectivity index (χ3n) is 19.1. The van der Waals surface area contributed by atoms with Crippen molar-refractivity contribution < 1.29 is 73.5 Å². The Kier molecular flexibility index (Phi) is 28.2. The molecule has 6 heterocycles. The lowest BCUT2D eigenvalue weighted by molar-refractivity contribution is -0.119. The molecule has 120 heavy (non-hydrogen) atoms. The number of nitrogens with one attached hydrogen (secondary N) is 1.